The summed E-state index contributed by atoms with van der Waals surface area (Å²) >= 11 is 0. The minimum Gasteiger partial charge on any atom is -0.428 e. The Kier molecular flexibility index (Phi) is 9.91. The quantitative estimate of drug-likeness (QED) is 0.385. The molecule has 4 fully saturated rings. The Hall–Kier alpha value is -1.14. The maximum atomic E-state index is 11.6. The van der Waals surface area contributed by atoms with Gasteiger partial charge in [-0.1, -0.05) is 40.5 Å². The van der Waals surface area contributed by atoms with Gasteiger partial charge in [-0.15, -0.1) is 0 Å². The molecule has 0 spiro atoms. The topological polar surface area (TPSA) is 77.7 Å². The van der Waals surface area contributed by atoms with Gasteiger partial charge in [0, 0.05) is 6.92 Å². The van der Waals surface area contributed by atoms with Crippen molar-refractivity contribution >= 4 is 11.9 Å². The molecule has 0 amide bonds. The van der Waals surface area contributed by atoms with Gasteiger partial charge in [-0.05, 0) is 46.0 Å². The zero-order chi connectivity index (χ0) is 21.4. The lowest BCUT2D eigenvalue weighted by atomic mass is 9.83. The van der Waals surface area contributed by atoms with E-state index in [0.717, 1.165) is 19.3 Å². The first kappa shape index (κ1) is 24.9. The third kappa shape index (κ3) is 7.03. The molecule has 2 heterocycles. The largest absolute Gasteiger partial charge is 0.428 e. The molecule has 2 saturated carbocycles. The number of epoxide rings is 2. The van der Waals surface area contributed by atoms with Crippen molar-refractivity contribution in [2.24, 2.45) is 5.92 Å². The van der Waals surface area contributed by atoms with E-state index in [1.54, 1.807) is 0 Å². The first-order valence-electron chi connectivity index (χ1n) is 11.0. The number of hydrogen-bond donors (Lipinski definition) is 0. The molecule has 5 unspecified atom stereocenters. The molecule has 2 saturated heterocycles. The van der Waals surface area contributed by atoms with Crippen LogP contribution >= 0.6 is 0 Å². The Labute approximate surface area is 170 Å². The van der Waals surface area contributed by atoms with Crippen LogP contribution in [0.5, 0.6) is 0 Å². The van der Waals surface area contributed by atoms with Crippen LogP contribution in [0.1, 0.15) is 93.4 Å². The van der Waals surface area contributed by atoms with Gasteiger partial charge < -0.3 is 18.9 Å². The Morgan fingerprint density at radius 1 is 0.893 bits per heavy atom. The molecule has 6 heteroatoms. The molecule has 28 heavy (non-hydrogen) atoms. The van der Waals surface area contributed by atoms with E-state index in [2.05, 4.69) is 18.6 Å². The third-order valence-corrected chi connectivity index (χ3v) is 5.74. The Morgan fingerprint density at radius 3 is 2.00 bits per heavy atom. The Balaban J connectivity index is 0.000000272. The maximum Gasteiger partial charge on any atom is 0.311 e. The molecule has 4 rings (SSSR count). The SMILES string of the molecule is CC.CC.CC(=O)OCOC(=O)C1CCC2(C)OC2C1.CC12CCCCC1O2. The number of fused-ring (bicyclic) bond motifs is 2. The standard InChI is InChI=1S/C11H16O5.C7H12O.2C2H6/c1-7(12)14-6-15-10(13)8-3-4-11(2)9(5-8)16-11;1-7-5-3-2-4-6(7)8-7;2*1-2/h8-9H,3-6H2,1-2H3;6H,2-5H2,1H3;2*1-2H3. The molecule has 0 N–H and O–H groups in total. The molecule has 2 aliphatic carbocycles. The highest BCUT2D eigenvalue weighted by Crippen LogP contribution is 2.49. The van der Waals surface area contributed by atoms with E-state index in [9.17, 15) is 9.59 Å². The number of hydrogen-bond acceptors (Lipinski definition) is 6. The molecule has 5 atom stereocenters. The van der Waals surface area contributed by atoms with E-state index < -0.39 is 5.97 Å². The lowest BCUT2D eigenvalue weighted by molar-refractivity contribution is -0.169. The third-order valence-electron chi connectivity index (χ3n) is 5.74. The summed E-state index contributed by atoms with van der Waals surface area (Å²) in [5.41, 5.74) is 0.352. The summed E-state index contributed by atoms with van der Waals surface area (Å²) in [5, 5.41) is 0. The average Bonchev–Trinajstić information content (AvgIpc) is 3.57. The van der Waals surface area contributed by atoms with Gasteiger partial charge in [0.2, 0.25) is 6.79 Å². The summed E-state index contributed by atoms with van der Waals surface area (Å²) in [4.78, 5) is 22.0. The molecule has 0 bridgehead atoms. The summed E-state index contributed by atoms with van der Waals surface area (Å²) < 4.78 is 20.4. The second kappa shape index (κ2) is 11.1. The monoisotopic (exact) mass is 400 g/mol. The van der Waals surface area contributed by atoms with Gasteiger partial charge in [-0.25, -0.2) is 0 Å². The van der Waals surface area contributed by atoms with Gasteiger partial charge in [0.05, 0.1) is 29.3 Å². The fraction of sp³-hybridized carbons (Fsp3) is 0.909. The summed E-state index contributed by atoms with van der Waals surface area (Å²) in [6, 6.07) is 0. The summed E-state index contributed by atoms with van der Waals surface area (Å²) in [6.45, 7) is 13.3. The van der Waals surface area contributed by atoms with Crippen LogP contribution in [-0.4, -0.2) is 42.1 Å². The lowest BCUT2D eigenvalue weighted by Gasteiger charge is -2.20. The predicted octanol–water partition coefficient (Wildman–Crippen LogP) is 4.78. The number of ether oxygens (including phenoxy) is 4. The van der Waals surface area contributed by atoms with E-state index in [0.29, 0.717) is 11.7 Å². The van der Waals surface area contributed by atoms with Gasteiger partial charge in [-0.2, -0.15) is 0 Å². The van der Waals surface area contributed by atoms with Crippen molar-refractivity contribution in [1.29, 1.82) is 0 Å². The normalized spacial score (nSPS) is 36.2. The van der Waals surface area contributed by atoms with E-state index in [-0.39, 0.29) is 30.4 Å². The molecule has 4 aliphatic rings. The molecule has 0 aromatic rings. The highest BCUT2D eigenvalue weighted by Gasteiger charge is 2.56. The minimum atomic E-state index is -0.449. The number of carbonyl (C=O) groups is 2. The maximum absolute atomic E-state index is 11.6. The van der Waals surface area contributed by atoms with Gasteiger partial charge in [0.25, 0.3) is 0 Å². The van der Waals surface area contributed by atoms with Crippen LogP contribution in [0, 0.1) is 5.92 Å². The molecule has 0 aromatic carbocycles. The van der Waals surface area contributed by atoms with Crippen LogP contribution in [0.2, 0.25) is 0 Å². The number of esters is 2. The lowest BCUT2D eigenvalue weighted by Crippen LogP contribution is -2.28. The zero-order valence-corrected chi connectivity index (χ0v) is 18.8. The zero-order valence-electron chi connectivity index (χ0n) is 18.8. The second-order valence-corrected chi connectivity index (χ2v) is 7.77. The van der Waals surface area contributed by atoms with E-state index >= 15 is 0 Å². The van der Waals surface area contributed by atoms with Crippen molar-refractivity contribution in [3.05, 3.63) is 0 Å². The summed E-state index contributed by atoms with van der Waals surface area (Å²) in [5.74, 6) is -0.857. The minimum absolute atomic E-state index is 0.00661. The van der Waals surface area contributed by atoms with Crippen molar-refractivity contribution in [2.45, 2.75) is 117 Å². The molecular formula is C22H40O6. The van der Waals surface area contributed by atoms with Crippen LogP contribution in [0.4, 0.5) is 0 Å². The summed E-state index contributed by atoms with van der Waals surface area (Å²) in [6.07, 6.45) is 8.64. The predicted molar refractivity (Wildman–Crippen MR) is 108 cm³/mol. The first-order chi connectivity index (χ1) is 13.3. The van der Waals surface area contributed by atoms with Crippen molar-refractivity contribution in [2.75, 3.05) is 6.79 Å². The van der Waals surface area contributed by atoms with Gasteiger partial charge in [0.15, 0.2) is 0 Å². The van der Waals surface area contributed by atoms with E-state index in [1.807, 2.05) is 27.7 Å². The molecule has 2 aliphatic heterocycles. The van der Waals surface area contributed by atoms with Gasteiger partial charge in [-0.3, -0.25) is 9.59 Å². The molecular weight excluding hydrogens is 360 g/mol. The second-order valence-electron chi connectivity index (χ2n) is 7.77. The molecule has 0 aromatic heterocycles. The molecule has 164 valence electrons. The van der Waals surface area contributed by atoms with Crippen LogP contribution in [0.25, 0.3) is 0 Å². The number of carbonyl (C=O) groups excluding carboxylic acids is 2. The van der Waals surface area contributed by atoms with Crippen molar-refractivity contribution in [3.63, 3.8) is 0 Å². The smallest absolute Gasteiger partial charge is 0.311 e. The van der Waals surface area contributed by atoms with Crippen LogP contribution in [0.15, 0.2) is 0 Å². The fourth-order valence-electron chi connectivity index (χ4n) is 3.83. The van der Waals surface area contributed by atoms with Gasteiger partial charge >= 0.3 is 11.9 Å². The number of rotatable bonds is 3. The summed E-state index contributed by atoms with van der Waals surface area (Å²) in [7, 11) is 0. The van der Waals surface area contributed by atoms with Crippen LogP contribution in [-0.2, 0) is 28.5 Å². The van der Waals surface area contributed by atoms with Crippen LogP contribution in [0.3, 0.4) is 0 Å². The molecule has 6 nitrogen and oxygen atoms in total. The van der Waals surface area contributed by atoms with Crippen molar-refractivity contribution < 1.29 is 28.5 Å². The van der Waals surface area contributed by atoms with E-state index in [4.69, 9.17) is 14.2 Å². The highest BCUT2D eigenvalue weighted by molar-refractivity contribution is 5.73. The first-order valence-corrected chi connectivity index (χ1v) is 11.0. The Morgan fingerprint density at radius 2 is 1.50 bits per heavy atom. The fourth-order valence-corrected chi connectivity index (χ4v) is 3.83. The average molecular weight is 401 g/mol. The van der Waals surface area contributed by atoms with Crippen molar-refractivity contribution in [1.82, 2.24) is 0 Å². The highest BCUT2D eigenvalue weighted by atomic mass is 16.7. The van der Waals surface area contributed by atoms with Crippen molar-refractivity contribution in [3.8, 4) is 0 Å². The molecule has 0 radical (unpaired) electrons. The van der Waals surface area contributed by atoms with E-state index in [1.165, 1.54) is 32.6 Å². The Bertz CT molecular complexity index is 505. The van der Waals surface area contributed by atoms with Gasteiger partial charge in [0.1, 0.15) is 0 Å². The van der Waals surface area contributed by atoms with Crippen LogP contribution < -0.4 is 0 Å².